The van der Waals surface area contributed by atoms with Crippen LogP contribution in [0.1, 0.15) is 19.0 Å². The predicted octanol–water partition coefficient (Wildman–Crippen LogP) is 1.39. The number of allylic oxidation sites excluding steroid dienone is 2. The fourth-order valence-corrected chi connectivity index (χ4v) is 2.26. The number of aliphatic imine (C=N–C) groups is 1. The summed E-state index contributed by atoms with van der Waals surface area (Å²) in [5.41, 5.74) is 6.75. The number of nitrogens with two attached hydrogens (primary N) is 1. The predicted molar refractivity (Wildman–Crippen MR) is 88.4 cm³/mol. The van der Waals surface area contributed by atoms with Gasteiger partial charge in [-0.15, -0.1) is 0 Å². The van der Waals surface area contributed by atoms with Crippen molar-refractivity contribution in [2.45, 2.75) is 26.1 Å². The second-order valence-electron chi connectivity index (χ2n) is 5.39. The highest BCUT2D eigenvalue weighted by atomic mass is 19.1. The van der Waals surface area contributed by atoms with E-state index in [1.165, 1.54) is 25.3 Å². The number of Topliss-reactive ketones (excluding diaryl/α,β-unsaturated/α-hetero) is 1. The molecule has 0 fully saturated rings. The summed E-state index contributed by atoms with van der Waals surface area (Å²) in [6.07, 6.45) is 4.46. The molecule has 132 valence electrons. The van der Waals surface area contributed by atoms with Crippen molar-refractivity contribution in [2.75, 3.05) is 6.54 Å². The number of ketones is 1. The summed E-state index contributed by atoms with van der Waals surface area (Å²) < 4.78 is 19.2. The molecule has 25 heavy (non-hydrogen) atoms. The molecule has 0 bridgehead atoms. The van der Waals surface area contributed by atoms with E-state index in [9.17, 15) is 14.0 Å². The summed E-state index contributed by atoms with van der Waals surface area (Å²) in [5.74, 6) is -1.90. The minimum absolute atomic E-state index is 0.00565. The molecule has 0 amide bonds. The molecule has 0 aromatic carbocycles. The lowest BCUT2D eigenvalue weighted by Crippen LogP contribution is -2.25. The first-order valence-electron chi connectivity index (χ1n) is 7.54. The molecule has 1 atom stereocenters. The molecule has 0 spiro atoms. The van der Waals surface area contributed by atoms with Gasteiger partial charge in [0.1, 0.15) is 18.1 Å². The fourth-order valence-electron chi connectivity index (χ4n) is 2.26. The van der Waals surface area contributed by atoms with Crippen LogP contribution in [0.2, 0.25) is 0 Å². The Balaban J connectivity index is 2.18. The van der Waals surface area contributed by atoms with Crippen molar-refractivity contribution in [1.82, 2.24) is 4.98 Å². The van der Waals surface area contributed by atoms with E-state index in [-0.39, 0.29) is 30.2 Å². The van der Waals surface area contributed by atoms with Crippen LogP contribution >= 0.6 is 0 Å². The van der Waals surface area contributed by atoms with Gasteiger partial charge < -0.3 is 15.6 Å². The van der Waals surface area contributed by atoms with Crippen LogP contribution in [0, 0.1) is 5.82 Å². The standard InChI is InChI=1S/C17H18FN3O4/c1-10(22)17(19)12-7-11(4-5-14(12)21-8-16(23)24)25-9-15-13(18)3-2-6-20-15/h2-6,11H,7-9,19H2,1H3,(H,23,24). The monoisotopic (exact) mass is 347 g/mol. The first-order valence-corrected chi connectivity index (χ1v) is 7.54. The largest absolute Gasteiger partial charge is 0.480 e. The van der Waals surface area contributed by atoms with E-state index < -0.39 is 24.4 Å². The Morgan fingerprint density at radius 1 is 1.52 bits per heavy atom. The fraction of sp³-hybridized carbons (Fsp3) is 0.294. The Kier molecular flexibility index (Phi) is 6.13. The quantitative estimate of drug-likeness (QED) is 0.752. The van der Waals surface area contributed by atoms with E-state index in [1.54, 1.807) is 12.2 Å². The number of rotatable bonds is 6. The first kappa shape index (κ1) is 18.5. The number of carbonyl (C=O) groups is 2. The van der Waals surface area contributed by atoms with Gasteiger partial charge in [0.05, 0.1) is 24.1 Å². The van der Waals surface area contributed by atoms with E-state index in [0.29, 0.717) is 11.3 Å². The Bertz CT molecular complexity index is 771. The smallest absolute Gasteiger partial charge is 0.325 e. The van der Waals surface area contributed by atoms with Crippen LogP contribution in [0.4, 0.5) is 4.39 Å². The van der Waals surface area contributed by atoms with Gasteiger partial charge in [-0.3, -0.25) is 19.6 Å². The zero-order valence-electron chi connectivity index (χ0n) is 13.6. The summed E-state index contributed by atoms with van der Waals surface area (Å²) in [5, 5.41) is 8.75. The summed E-state index contributed by atoms with van der Waals surface area (Å²) in [6, 6.07) is 2.77. The molecule has 1 aliphatic rings. The number of carboxylic acid groups (broad SMARTS) is 1. The SMILES string of the molecule is CC(=O)C(N)=C1CC(OCc2ncccc2F)C=CC1=NCC(=O)O. The molecule has 0 saturated carbocycles. The number of halogens is 1. The average Bonchev–Trinajstić information content (AvgIpc) is 2.58. The summed E-state index contributed by atoms with van der Waals surface area (Å²) in [7, 11) is 0. The van der Waals surface area contributed by atoms with Gasteiger partial charge in [0.2, 0.25) is 0 Å². The summed E-state index contributed by atoms with van der Waals surface area (Å²) >= 11 is 0. The Labute approximate surface area is 143 Å². The number of aliphatic carboxylic acids is 1. The van der Waals surface area contributed by atoms with Crippen molar-refractivity contribution in [1.29, 1.82) is 0 Å². The maximum Gasteiger partial charge on any atom is 0.325 e. The number of nitrogens with zero attached hydrogens (tertiary/aromatic N) is 2. The van der Waals surface area contributed by atoms with Gasteiger partial charge in [-0.2, -0.15) is 0 Å². The number of pyridine rings is 1. The lowest BCUT2D eigenvalue weighted by Gasteiger charge is -2.22. The first-order chi connectivity index (χ1) is 11.9. The molecule has 0 radical (unpaired) electrons. The van der Waals surface area contributed by atoms with Crippen molar-refractivity contribution in [3.8, 4) is 0 Å². The Morgan fingerprint density at radius 2 is 2.28 bits per heavy atom. The van der Waals surface area contributed by atoms with Crippen LogP contribution in [0.3, 0.4) is 0 Å². The number of aromatic nitrogens is 1. The number of carboxylic acids is 1. The van der Waals surface area contributed by atoms with Gasteiger partial charge in [0.15, 0.2) is 5.78 Å². The van der Waals surface area contributed by atoms with Crippen molar-refractivity contribution >= 4 is 17.5 Å². The highest BCUT2D eigenvalue weighted by molar-refractivity contribution is 6.14. The third-order valence-electron chi connectivity index (χ3n) is 3.54. The van der Waals surface area contributed by atoms with Crippen molar-refractivity contribution in [3.05, 3.63) is 53.3 Å². The van der Waals surface area contributed by atoms with Gasteiger partial charge in [-0.05, 0) is 18.2 Å². The number of ether oxygens (including phenoxy) is 1. The maximum atomic E-state index is 13.6. The van der Waals surface area contributed by atoms with Crippen molar-refractivity contribution in [3.63, 3.8) is 0 Å². The van der Waals surface area contributed by atoms with Crippen LogP contribution in [0.25, 0.3) is 0 Å². The van der Waals surface area contributed by atoms with Gasteiger partial charge in [-0.25, -0.2) is 4.39 Å². The highest BCUT2D eigenvalue weighted by Gasteiger charge is 2.22. The molecule has 8 heteroatoms. The Hall–Kier alpha value is -2.87. The van der Waals surface area contributed by atoms with Crippen LogP contribution in [-0.2, 0) is 20.9 Å². The molecule has 0 saturated heterocycles. The van der Waals surface area contributed by atoms with Crippen LogP contribution < -0.4 is 5.73 Å². The van der Waals surface area contributed by atoms with Gasteiger partial charge >= 0.3 is 5.97 Å². The van der Waals surface area contributed by atoms with Crippen LogP contribution in [-0.4, -0.2) is 40.2 Å². The zero-order chi connectivity index (χ0) is 18.4. The van der Waals surface area contributed by atoms with E-state index in [0.717, 1.165) is 0 Å². The lowest BCUT2D eigenvalue weighted by molar-refractivity contribution is -0.135. The molecular formula is C17H18FN3O4. The molecular weight excluding hydrogens is 329 g/mol. The van der Waals surface area contributed by atoms with Gasteiger partial charge in [-0.1, -0.05) is 6.08 Å². The van der Waals surface area contributed by atoms with E-state index in [1.807, 2.05) is 0 Å². The number of carbonyl (C=O) groups excluding carboxylic acids is 1. The van der Waals surface area contributed by atoms with Crippen molar-refractivity contribution < 1.29 is 23.8 Å². The summed E-state index contributed by atoms with van der Waals surface area (Å²) in [4.78, 5) is 30.1. The van der Waals surface area contributed by atoms with Crippen LogP contribution in [0.5, 0.6) is 0 Å². The second-order valence-corrected chi connectivity index (χ2v) is 5.39. The number of hydrogen-bond donors (Lipinski definition) is 2. The molecule has 1 aromatic heterocycles. The molecule has 1 aliphatic carbocycles. The van der Waals surface area contributed by atoms with Crippen LogP contribution in [0.15, 0.2) is 46.7 Å². The molecule has 1 heterocycles. The zero-order valence-corrected chi connectivity index (χ0v) is 13.6. The van der Waals surface area contributed by atoms with E-state index in [2.05, 4.69) is 9.98 Å². The third kappa shape index (κ3) is 5.05. The lowest BCUT2D eigenvalue weighted by atomic mass is 9.93. The molecule has 7 nitrogen and oxygen atoms in total. The second kappa shape index (κ2) is 8.29. The minimum atomic E-state index is -1.09. The van der Waals surface area contributed by atoms with Crippen molar-refractivity contribution in [2.24, 2.45) is 10.7 Å². The molecule has 0 aliphatic heterocycles. The molecule has 1 aromatic rings. The number of hydrogen-bond acceptors (Lipinski definition) is 6. The topological polar surface area (TPSA) is 115 Å². The summed E-state index contributed by atoms with van der Waals surface area (Å²) in [6.45, 7) is 0.837. The molecule has 3 N–H and O–H groups in total. The van der Waals surface area contributed by atoms with Gasteiger partial charge in [0, 0.05) is 25.1 Å². The Morgan fingerprint density at radius 3 is 2.92 bits per heavy atom. The normalized spacial score (nSPS) is 20.6. The molecule has 1 unspecified atom stereocenters. The van der Waals surface area contributed by atoms with Gasteiger partial charge in [0.25, 0.3) is 0 Å². The maximum absolute atomic E-state index is 13.6. The minimum Gasteiger partial charge on any atom is -0.480 e. The highest BCUT2D eigenvalue weighted by Crippen LogP contribution is 2.22. The van der Waals surface area contributed by atoms with E-state index >= 15 is 0 Å². The third-order valence-corrected chi connectivity index (χ3v) is 3.54. The van der Waals surface area contributed by atoms with E-state index in [4.69, 9.17) is 15.6 Å². The average molecular weight is 347 g/mol. The molecule has 2 rings (SSSR count).